The summed E-state index contributed by atoms with van der Waals surface area (Å²) < 4.78 is 10.5. The van der Waals surface area contributed by atoms with Crippen LogP contribution in [0.15, 0.2) is 40.3 Å². The minimum atomic E-state index is -0.513. The molecule has 3 aromatic rings. The van der Waals surface area contributed by atoms with Crippen LogP contribution in [0.25, 0.3) is 11.3 Å². The summed E-state index contributed by atoms with van der Waals surface area (Å²) in [4.78, 5) is 31.9. The summed E-state index contributed by atoms with van der Waals surface area (Å²) in [7, 11) is 0. The number of esters is 1. The lowest BCUT2D eigenvalue weighted by Crippen LogP contribution is -2.13. The van der Waals surface area contributed by atoms with Gasteiger partial charge in [0.25, 0.3) is 0 Å². The van der Waals surface area contributed by atoms with Crippen LogP contribution >= 0.6 is 22.9 Å². The Morgan fingerprint density at radius 1 is 1.33 bits per heavy atom. The smallest absolute Gasteiger partial charge is 0.357 e. The average Bonchev–Trinajstić information content (AvgIpc) is 3.30. The Labute approximate surface area is 164 Å². The van der Waals surface area contributed by atoms with Crippen molar-refractivity contribution < 1.29 is 18.7 Å². The molecule has 1 aromatic carbocycles. The number of amides is 1. The molecule has 1 N–H and O–H groups in total. The average molecular weight is 406 g/mol. The fourth-order valence-electron chi connectivity index (χ4n) is 2.24. The summed E-state index contributed by atoms with van der Waals surface area (Å²) in [6.07, 6.45) is 2.07. The van der Waals surface area contributed by atoms with E-state index in [1.54, 1.807) is 19.2 Å². The van der Waals surface area contributed by atoms with Crippen molar-refractivity contribution in [2.45, 2.75) is 19.8 Å². The highest BCUT2D eigenvalue weighted by Gasteiger charge is 2.14. The number of hydrogen-bond acceptors (Lipinski definition) is 7. The van der Waals surface area contributed by atoms with E-state index in [-0.39, 0.29) is 24.6 Å². The minimum Gasteiger partial charge on any atom is -0.461 e. The fraction of sp³-hybridized carbons (Fsp3) is 0.222. The van der Waals surface area contributed by atoms with E-state index in [1.807, 2.05) is 18.2 Å². The first-order valence-corrected chi connectivity index (χ1v) is 9.44. The van der Waals surface area contributed by atoms with Gasteiger partial charge in [0, 0.05) is 23.8 Å². The van der Waals surface area contributed by atoms with Crippen molar-refractivity contribution in [1.29, 1.82) is 0 Å². The van der Waals surface area contributed by atoms with Crippen molar-refractivity contribution >= 4 is 39.9 Å². The zero-order valence-corrected chi connectivity index (χ0v) is 16.0. The second kappa shape index (κ2) is 8.79. The van der Waals surface area contributed by atoms with Crippen LogP contribution in [0.2, 0.25) is 5.02 Å². The Morgan fingerprint density at radius 2 is 2.15 bits per heavy atom. The summed E-state index contributed by atoms with van der Waals surface area (Å²) in [5.41, 5.74) is 0.922. The van der Waals surface area contributed by atoms with E-state index in [1.165, 1.54) is 5.38 Å². The lowest BCUT2D eigenvalue weighted by atomic mass is 10.2. The molecule has 0 unspecified atom stereocenters. The number of carbonyl (C=O) groups is 2. The van der Waals surface area contributed by atoms with Gasteiger partial charge in [-0.1, -0.05) is 23.7 Å². The van der Waals surface area contributed by atoms with Crippen molar-refractivity contribution in [2.24, 2.45) is 0 Å². The van der Waals surface area contributed by atoms with Crippen LogP contribution in [-0.2, 0) is 16.0 Å². The largest absolute Gasteiger partial charge is 0.461 e. The van der Waals surface area contributed by atoms with Crippen LogP contribution in [0.1, 0.15) is 29.7 Å². The summed E-state index contributed by atoms with van der Waals surface area (Å²) in [6, 6.07) is 7.29. The van der Waals surface area contributed by atoms with Crippen LogP contribution in [0.3, 0.4) is 0 Å². The summed E-state index contributed by atoms with van der Waals surface area (Å²) >= 11 is 7.30. The van der Waals surface area contributed by atoms with Gasteiger partial charge in [-0.3, -0.25) is 4.79 Å². The molecule has 3 rings (SSSR count). The molecule has 0 radical (unpaired) electrons. The topological polar surface area (TPSA) is 94.3 Å². The molecule has 2 aromatic heterocycles. The third-order valence-electron chi connectivity index (χ3n) is 3.49. The van der Waals surface area contributed by atoms with E-state index < -0.39 is 5.97 Å². The highest BCUT2D eigenvalue weighted by molar-refractivity contribution is 7.14. The van der Waals surface area contributed by atoms with Crippen LogP contribution in [0.5, 0.6) is 0 Å². The third kappa shape index (κ3) is 4.93. The first-order valence-electron chi connectivity index (χ1n) is 8.19. The first kappa shape index (κ1) is 19.1. The van der Waals surface area contributed by atoms with Crippen molar-refractivity contribution in [3.05, 3.63) is 52.4 Å². The molecule has 2 heterocycles. The monoisotopic (exact) mass is 405 g/mol. The lowest BCUT2D eigenvalue weighted by molar-refractivity contribution is -0.116. The van der Waals surface area contributed by atoms with Crippen molar-refractivity contribution in [1.82, 2.24) is 9.97 Å². The van der Waals surface area contributed by atoms with E-state index in [0.29, 0.717) is 28.2 Å². The summed E-state index contributed by atoms with van der Waals surface area (Å²) in [5.74, 6) is 0.222. The van der Waals surface area contributed by atoms with Gasteiger partial charge >= 0.3 is 5.97 Å². The number of ether oxygens (including phenoxy) is 1. The van der Waals surface area contributed by atoms with Crippen LogP contribution < -0.4 is 5.32 Å². The number of thiazole rings is 1. The lowest BCUT2D eigenvalue weighted by Gasteiger charge is -2.00. The van der Waals surface area contributed by atoms with E-state index in [9.17, 15) is 9.59 Å². The highest BCUT2D eigenvalue weighted by Crippen LogP contribution is 2.28. The maximum absolute atomic E-state index is 12.1. The van der Waals surface area contributed by atoms with Gasteiger partial charge in [0.2, 0.25) is 5.91 Å². The Balaban J connectivity index is 1.54. The predicted octanol–water partition coefficient (Wildman–Crippen LogP) is 4.20. The number of hydrogen-bond donors (Lipinski definition) is 1. The number of nitrogens with zero attached hydrogens (tertiary/aromatic N) is 2. The number of rotatable bonds is 7. The van der Waals surface area contributed by atoms with Crippen molar-refractivity contribution in [3.63, 3.8) is 0 Å². The van der Waals surface area contributed by atoms with E-state index >= 15 is 0 Å². The van der Waals surface area contributed by atoms with Gasteiger partial charge < -0.3 is 14.5 Å². The van der Waals surface area contributed by atoms with Crippen molar-refractivity contribution in [3.8, 4) is 11.3 Å². The van der Waals surface area contributed by atoms with Crippen molar-refractivity contribution in [2.75, 3.05) is 11.9 Å². The maximum Gasteiger partial charge on any atom is 0.357 e. The standard InChI is InChI=1S/C18H16ClN3O4S/c1-2-25-17(24)13-10-27-18(21-13)22-15(23)7-8-16-20-9-14(26-16)11-5-3-4-6-12(11)19/h3-6,9-10H,2,7-8H2,1H3,(H,21,22,23). The molecule has 140 valence electrons. The normalized spacial score (nSPS) is 10.6. The van der Waals surface area contributed by atoms with E-state index in [4.69, 9.17) is 20.8 Å². The molecule has 1 amide bonds. The van der Waals surface area contributed by atoms with Gasteiger partial charge in [0.15, 0.2) is 22.5 Å². The van der Waals surface area contributed by atoms with Crippen LogP contribution in [0.4, 0.5) is 5.13 Å². The quantitative estimate of drug-likeness (QED) is 0.592. The van der Waals surface area contributed by atoms with Gasteiger partial charge in [0.05, 0.1) is 17.8 Å². The molecular weight excluding hydrogens is 390 g/mol. The van der Waals surface area contributed by atoms with Gasteiger partial charge in [-0.05, 0) is 19.1 Å². The number of nitrogens with one attached hydrogen (secondary N) is 1. The number of carbonyl (C=O) groups excluding carboxylic acids is 2. The Kier molecular flexibility index (Phi) is 6.20. The minimum absolute atomic E-state index is 0.163. The Bertz CT molecular complexity index is 953. The second-order valence-corrected chi connectivity index (χ2v) is 6.67. The fourth-order valence-corrected chi connectivity index (χ4v) is 3.17. The molecule has 0 saturated carbocycles. The first-order chi connectivity index (χ1) is 13.1. The number of aromatic nitrogens is 2. The zero-order valence-electron chi connectivity index (χ0n) is 14.4. The number of halogens is 1. The van der Waals surface area contributed by atoms with Gasteiger partial charge in [-0.2, -0.15) is 0 Å². The van der Waals surface area contributed by atoms with E-state index in [2.05, 4.69) is 15.3 Å². The Morgan fingerprint density at radius 3 is 2.93 bits per heavy atom. The summed E-state index contributed by atoms with van der Waals surface area (Å²) in [6.45, 7) is 1.98. The molecule has 0 aliphatic rings. The van der Waals surface area contributed by atoms with Gasteiger partial charge in [-0.15, -0.1) is 11.3 Å². The highest BCUT2D eigenvalue weighted by atomic mass is 35.5. The molecular formula is C18H16ClN3O4S. The molecule has 0 bridgehead atoms. The predicted molar refractivity (Wildman–Crippen MR) is 102 cm³/mol. The number of anilines is 1. The molecule has 7 nitrogen and oxygen atoms in total. The van der Waals surface area contributed by atoms with E-state index in [0.717, 1.165) is 16.9 Å². The van der Waals surface area contributed by atoms with Crippen LogP contribution in [-0.4, -0.2) is 28.5 Å². The zero-order chi connectivity index (χ0) is 19.2. The molecule has 27 heavy (non-hydrogen) atoms. The SMILES string of the molecule is CCOC(=O)c1csc(NC(=O)CCc2ncc(-c3ccccc3Cl)o2)n1. The third-order valence-corrected chi connectivity index (χ3v) is 4.58. The van der Waals surface area contributed by atoms with Gasteiger partial charge in [0.1, 0.15) is 0 Å². The molecule has 0 saturated heterocycles. The molecule has 0 spiro atoms. The number of oxazole rings is 1. The maximum atomic E-state index is 12.1. The number of benzene rings is 1. The second-order valence-electron chi connectivity index (χ2n) is 5.40. The summed E-state index contributed by atoms with van der Waals surface area (Å²) in [5, 5.41) is 5.10. The molecule has 0 fully saturated rings. The molecule has 0 atom stereocenters. The Hall–Kier alpha value is -2.71. The van der Waals surface area contributed by atoms with Gasteiger partial charge in [-0.25, -0.2) is 14.8 Å². The number of aryl methyl sites for hydroxylation is 1. The molecule has 0 aliphatic heterocycles. The van der Waals surface area contributed by atoms with Crippen LogP contribution in [0, 0.1) is 0 Å². The molecule has 9 heteroatoms. The molecule has 0 aliphatic carbocycles.